The fourth-order valence-corrected chi connectivity index (χ4v) is 2.60. The van der Waals surface area contributed by atoms with Crippen molar-refractivity contribution in [3.63, 3.8) is 0 Å². The predicted octanol–water partition coefficient (Wildman–Crippen LogP) is 1.91. The molecule has 21 heavy (non-hydrogen) atoms. The molecule has 1 aromatic carbocycles. The van der Waals surface area contributed by atoms with Gasteiger partial charge in [0.15, 0.2) is 0 Å². The highest BCUT2D eigenvalue weighted by atomic mass is 16.3. The van der Waals surface area contributed by atoms with Crippen LogP contribution in [0.3, 0.4) is 0 Å². The van der Waals surface area contributed by atoms with Crippen molar-refractivity contribution < 1.29 is 14.7 Å². The Hall–Kier alpha value is -2.04. The number of hydrogen-bond acceptors (Lipinski definition) is 3. The van der Waals surface area contributed by atoms with Gasteiger partial charge in [-0.15, -0.1) is 0 Å². The van der Waals surface area contributed by atoms with Crippen molar-refractivity contribution in [2.24, 2.45) is 0 Å². The van der Waals surface area contributed by atoms with Crippen LogP contribution in [0.2, 0.25) is 0 Å². The van der Waals surface area contributed by atoms with Crippen molar-refractivity contribution in [3.8, 4) is 5.75 Å². The second-order valence-electron chi connectivity index (χ2n) is 5.32. The van der Waals surface area contributed by atoms with Gasteiger partial charge in [0, 0.05) is 13.1 Å². The molecule has 1 aliphatic rings. The first-order valence-corrected chi connectivity index (χ1v) is 7.51. The quantitative estimate of drug-likeness (QED) is 0.814. The van der Waals surface area contributed by atoms with Crippen LogP contribution in [0.4, 0.5) is 0 Å². The van der Waals surface area contributed by atoms with E-state index >= 15 is 0 Å². The highest BCUT2D eigenvalue weighted by Crippen LogP contribution is 2.24. The minimum atomic E-state index is -0.422. The summed E-state index contributed by atoms with van der Waals surface area (Å²) in [6.07, 6.45) is 3.44. The zero-order valence-corrected chi connectivity index (χ0v) is 12.3. The summed E-state index contributed by atoms with van der Waals surface area (Å²) in [6, 6.07) is 6.03. The smallest absolute Gasteiger partial charge is 0.258 e. The largest absolute Gasteiger partial charge is 0.507 e. The molecule has 1 aliphatic heterocycles. The van der Waals surface area contributed by atoms with Gasteiger partial charge in [0.05, 0.1) is 5.56 Å². The van der Waals surface area contributed by atoms with Crippen LogP contribution in [-0.2, 0) is 4.79 Å². The summed E-state index contributed by atoms with van der Waals surface area (Å²) in [5.74, 6) is -0.412. The van der Waals surface area contributed by atoms with Crippen LogP contribution in [-0.4, -0.2) is 41.0 Å². The first-order valence-electron chi connectivity index (χ1n) is 7.51. The number of hydrogen-bond donors (Lipinski definition) is 2. The van der Waals surface area contributed by atoms with Crippen LogP contribution in [0.5, 0.6) is 5.75 Å². The van der Waals surface area contributed by atoms with E-state index < -0.39 is 6.04 Å². The molecule has 114 valence electrons. The van der Waals surface area contributed by atoms with Crippen molar-refractivity contribution in [3.05, 3.63) is 29.8 Å². The molecule has 0 spiro atoms. The molecule has 2 amide bonds. The zero-order chi connectivity index (χ0) is 15.2. The lowest BCUT2D eigenvalue weighted by Gasteiger charge is -2.24. The first kappa shape index (κ1) is 15.4. The summed E-state index contributed by atoms with van der Waals surface area (Å²) in [7, 11) is 0. The lowest BCUT2D eigenvalue weighted by molar-refractivity contribution is -0.124. The molecule has 5 heteroatoms. The summed E-state index contributed by atoms with van der Waals surface area (Å²) in [4.78, 5) is 26.2. The Labute approximate surface area is 125 Å². The molecular weight excluding hydrogens is 268 g/mol. The average Bonchev–Trinajstić information content (AvgIpc) is 2.96. The number of phenols is 1. The van der Waals surface area contributed by atoms with Gasteiger partial charge in [-0.3, -0.25) is 9.59 Å². The van der Waals surface area contributed by atoms with Crippen molar-refractivity contribution in [2.45, 2.75) is 38.6 Å². The summed E-state index contributed by atoms with van der Waals surface area (Å²) < 4.78 is 0. The van der Waals surface area contributed by atoms with Crippen LogP contribution < -0.4 is 5.32 Å². The lowest BCUT2D eigenvalue weighted by atomic mass is 10.1. The van der Waals surface area contributed by atoms with Crippen LogP contribution in [0.25, 0.3) is 0 Å². The maximum atomic E-state index is 12.5. The Balaban J connectivity index is 2.06. The summed E-state index contributed by atoms with van der Waals surface area (Å²) in [5, 5.41) is 12.7. The number of rotatable bonds is 5. The highest BCUT2D eigenvalue weighted by Gasteiger charge is 2.34. The van der Waals surface area contributed by atoms with E-state index in [-0.39, 0.29) is 23.1 Å². The number of benzene rings is 1. The second kappa shape index (κ2) is 7.11. The van der Waals surface area contributed by atoms with Gasteiger partial charge >= 0.3 is 0 Å². The molecule has 2 N–H and O–H groups in total. The molecule has 1 unspecified atom stereocenters. The average molecular weight is 290 g/mol. The number of nitrogens with zero attached hydrogens (tertiary/aromatic N) is 1. The maximum absolute atomic E-state index is 12.5. The minimum absolute atomic E-state index is 0.0421. The molecule has 0 bridgehead atoms. The van der Waals surface area contributed by atoms with Crippen molar-refractivity contribution in [2.75, 3.05) is 13.1 Å². The fraction of sp³-hybridized carbons (Fsp3) is 0.500. The molecule has 0 radical (unpaired) electrons. The SMILES string of the molecule is CCCCNC(=O)C1CCCN1C(=O)c1ccccc1O. The van der Waals surface area contributed by atoms with Gasteiger partial charge in [-0.25, -0.2) is 0 Å². The number of carbonyl (C=O) groups is 2. The van der Waals surface area contributed by atoms with Crippen molar-refractivity contribution in [1.29, 1.82) is 0 Å². The Bertz CT molecular complexity index is 516. The van der Waals surface area contributed by atoms with Gasteiger partial charge in [0.1, 0.15) is 11.8 Å². The highest BCUT2D eigenvalue weighted by molar-refractivity contribution is 5.99. The Morgan fingerprint density at radius 3 is 2.86 bits per heavy atom. The van der Waals surface area contributed by atoms with Crippen LogP contribution in [0.15, 0.2) is 24.3 Å². The van der Waals surface area contributed by atoms with Crippen molar-refractivity contribution in [1.82, 2.24) is 10.2 Å². The third kappa shape index (κ3) is 3.54. The van der Waals surface area contributed by atoms with Crippen LogP contribution in [0.1, 0.15) is 43.0 Å². The van der Waals surface area contributed by atoms with Gasteiger partial charge < -0.3 is 15.3 Å². The van der Waals surface area contributed by atoms with Gasteiger partial charge in [-0.2, -0.15) is 0 Å². The third-order valence-corrected chi connectivity index (χ3v) is 3.78. The molecular formula is C16H22N2O3. The molecule has 0 aromatic heterocycles. The van der Waals surface area contributed by atoms with E-state index in [2.05, 4.69) is 12.2 Å². The number of phenolic OH excluding ortho intramolecular Hbond substituents is 1. The summed E-state index contributed by atoms with van der Waals surface area (Å²) >= 11 is 0. The van der Waals surface area contributed by atoms with E-state index in [9.17, 15) is 14.7 Å². The number of carbonyl (C=O) groups excluding carboxylic acids is 2. The van der Waals surface area contributed by atoms with E-state index in [1.807, 2.05) is 0 Å². The molecule has 0 saturated carbocycles. The topological polar surface area (TPSA) is 69.6 Å². The van der Waals surface area contributed by atoms with E-state index in [1.54, 1.807) is 23.1 Å². The molecule has 2 rings (SSSR count). The van der Waals surface area contributed by atoms with E-state index in [0.29, 0.717) is 19.5 Å². The molecule has 1 saturated heterocycles. The lowest BCUT2D eigenvalue weighted by Crippen LogP contribution is -2.46. The second-order valence-corrected chi connectivity index (χ2v) is 5.32. The van der Waals surface area contributed by atoms with Gasteiger partial charge in [0.25, 0.3) is 5.91 Å². The molecule has 1 atom stereocenters. The van der Waals surface area contributed by atoms with Crippen LogP contribution in [0, 0.1) is 0 Å². The maximum Gasteiger partial charge on any atom is 0.258 e. The standard InChI is InChI=1S/C16H22N2O3/c1-2-3-10-17-15(20)13-8-6-11-18(13)16(21)12-7-4-5-9-14(12)19/h4-5,7,9,13,19H,2-3,6,8,10-11H2,1H3,(H,17,20). The molecule has 1 fully saturated rings. The zero-order valence-electron chi connectivity index (χ0n) is 12.3. The number of para-hydroxylation sites is 1. The number of nitrogens with one attached hydrogen (secondary N) is 1. The summed E-state index contributed by atoms with van der Waals surface area (Å²) in [6.45, 7) is 3.26. The predicted molar refractivity (Wildman–Crippen MR) is 80.1 cm³/mol. The Morgan fingerprint density at radius 1 is 1.38 bits per heavy atom. The van der Waals surface area contributed by atoms with E-state index in [1.165, 1.54) is 6.07 Å². The van der Waals surface area contributed by atoms with Gasteiger partial charge in [0.2, 0.25) is 5.91 Å². The number of likely N-dealkylation sites (tertiary alicyclic amines) is 1. The Morgan fingerprint density at radius 2 is 2.14 bits per heavy atom. The molecule has 1 heterocycles. The molecule has 0 aliphatic carbocycles. The van der Waals surface area contributed by atoms with Crippen LogP contribution >= 0.6 is 0 Å². The van der Waals surface area contributed by atoms with Gasteiger partial charge in [-0.1, -0.05) is 25.5 Å². The Kier molecular flexibility index (Phi) is 5.20. The fourth-order valence-electron chi connectivity index (χ4n) is 2.60. The van der Waals surface area contributed by atoms with Gasteiger partial charge in [-0.05, 0) is 31.4 Å². The van der Waals surface area contributed by atoms with E-state index in [4.69, 9.17) is 0 Å². The molecule has 5 nitrogen and oxygen atoms in total. The first-order chi connectivity index (χ1) is 10.1. The number of aromatic hydroxyl groups is 1. The minimum Gasteiger partial charge on any atom is -0.507 e. The number of unbranched alkanes of at least 4 members (excludes halogenated alkanes) is 1. The summed E-state index contributed by atoms with van der Waals surface area (Å²) in [5.41, 5.74) is 0.255. The normalized spacial score (nSPS) is 17.8. The van der Waals surface area contributed by atoms with Crippen molar-refractivity contribution >= 4 is 11.8 Å². The monoisotopic (exact) mass is 290 g/mol. The third-order valence-electron chi connectivity index (χ3n) is 3.78. The van der Waals surface area contributed by atoms with E-state index in [0.717, 1.165) is 19.3 Å². The number of amides is 2. The molecule has 1 aromatic rings.